The smallest absolute Gasteiger partial charge is 0.220 e. The fourth-order valence-corrected chi connectivity index (χ4v) is 7.59. The molecule has 0 radical (unpaired) electrons. The van der Waals surface area contributed by atoms with Crippen LogP contribution in [0.25, 0.3) is 0 Å². The normalized spacial score (nSPS) is 12.9. The molecule has 0 bridgehead atoms. The predicted molar refractivity (Wildman–Crippen MR) is 230 cm³/mol. The molecule has 0 fully saturated rings. The molecule has 3 N–H and O–H groups in total. The summed E-state index contributed by atoms with van der Waals surface area (Å²) in [5.74, 6) is -0.0580. The van der Waals surface area contributed by atoms with Gasteiger partial charge in [0, 0.05) is 6.42 Å². The van der Waals surface area contributed by atoms with Crippen molar-refractivity contribution in [2.45, 2.75) is 283 Å². The second-order valence-electron chi connectivity index (χ2n) is 16.5. The number of amides is 1. The molecule has 0 saturated carbocycles. The Kier molecular flexibility index (Phi) is 43.8. The summed E-state index contributed by atoms with van der Waals surface area (Å²) in [6.45, 7) is 4.34. The van der Waals surface area contributed by atoms with Crippen molar-refractivity contribution in [2.24, 2.45) is 0 Å². The molecule has 0 aromatic heterocycles. The van der Waals surface area contributed by atoms with Crippen LogP contribution in [0.2, 0.25) is 0 Å². The number of nitrogens with one attached hydrogen (secondary N) is 1. The van der Waals surface area contributed by atoms with Gasteiger partial charge in [-0.2, -0.15) is 0 Å². The lowest BCUT2D eigenvalue weighted by Gasteiger charge is -2.20. The van der Waals surface area contributed by atoms with E-state index in [1.165, 1.54) is 225 Å². The zero-order valence-electron chi connectivity index (χ0n) is 35.6. The fraction of sp³-hybridized carbons (Fsp3) is 0.938. The van der Waals surface area contributed by atoms with Gasteiger partial charge in [0.2, 0.25) is 5.91 Å². The van der Waals surface area contributed by atoms with Crippen LogP contribution < -0.4 is 5.32 Å². The minimum absolute atomic E-state index is 0.0580. The summed E-state index contributed by atoms with van der Waals surface area (Å²) in [7, 11) is 0. The SMILES string of the molecule is CCCCCCCCCCCCCCCCC/C=C/[C@@H](O)[C@H](CO)NC(=O)CCCCCCCCCCCCCCCCCCCCCCCCC. The molecular weight excluding hydrogens is 639 g/mol. The zero-order chi connectivity index (χ0) is 37.8. The third kappa shape index (κ3) is 40.3. The molecule has 0 heterocycles. The molecule has 0 rings (SSSR count). The minimum Gasteiger partial charge on any atom is -0.394 e. The van der Waals surface area contributed by atoms with E-state index in [9.17, 15) is 15.0 Å². The number of aliphatic hydroxyl groups excluding tert-OH is 2. The molecule has 0 aliphatic carbocycles. The Bertz CT molecular complexity index is 710. The molecule has 2 atom stereocenters. The van der Waals surface area contributed by atoms with Gasteiger partial charge in [0.1, 0.15) is 0 Å². The van der Waals surface area contributed by atoms with Gasteiger partial charge in [0.25, 0.3) is 0 Å². The topological polar surface area (TPSA) is 69.6 Å². The minimum atomic E-state index is -0.834. The van der Waals surface area contributed by atoms with Gasteiger partial charge in [-0.25, -0.2) is 0 Å². The quantitative estimate of drug-likeness (QED) is 0.0431. The molecule has 0 aliphatic heterocycles. The van der Waals surface area contributed by atoms with Gasteiger partial charge < -0.3 is 15.5 Å². The molecule has 0 saturated heterocycles. The highest BCUT2D eigenvalue weighted by Gasteiger charge is 2.18. The van der Waals surface area contributed by atoms with Crippen LogP contribution in [0.5, 0.6) is 0 Å². The van der Waals surface area contributed by atoms with Crippen LogP contribution in [-0.2, 0) is 4.79 Å². The second-order valence-corrected chi connectivity index (χ2v) is 16.5. The number of aliphatic hydroxyl groups is 2. The van der Waals surface area contributed by atoms with Crippen LogP contribution in [-0.4, -0.2) is 34.9 Å². The summed E-state index contributed by atoms with van der Waals surface area (Å²) in [6, 6.07) is -0.616. The summed E-state index contributed by atoms with van der Waals surface area (Å²) in [5, 5.41) is 23.1. The van der Waals surface area contributed by atoms with E-state index in [0.29, 0.717) is 6.42 Å². The summed E-state index contributed by atoms with van der Waals surface area (Å²) < 4.78 is 0. The lowest BCUT2D eigenvalue weighted by molar-refractivity contribution is -0.123. The van der Waals surface area contributed by atoms with Crippen molar-refractivity contribution in [3.63, 3.8) is 0 Å². The lowest BCUT2D eigenvalue weighted by Crippen LogP contribution is -2.45. The number of unbranched alkanes of at least 4 members (excludes halogenated alkanes) is 37. The highest BCUT2D eigenvalue weighted by atomic mass is 16.3. The van der Waals surface area contributed by atoms with Crippen molar-refractivity contribution < 1.29 is 15.0 Å². The molecule has 52 heavy (non-hydrogen) atoms. The first-order valence-electron chi connectivity index (χ1n) is 23.9. The summed E-state index contributed by atoms with van der Waals surface area (Å²) in [6.07, 6.45) is 56.2. The highest BCUT2D eigenvalue weighted by molar-refractivity contribution is 5.76. The van der Waals surface area contributed by atoms with Crippen molar-refractivity contribution in [1.29, 1.82) is 0 Å². The molecule has 0 unspecified atom stereocenters. The van der Waals surface area contributed by atoms with Crippen LogP contribution in [0.15, 0.2) is 12.2 Å². The van der Waals surface area contributed by atoms with Gasteiger partial charge in [-0.1, -0.05) is 257 Å². The Balaban J connectivity index is 3.48. The van der Waals surface area contributed by atoms with Gasteiger partial charge in [0.15, 0.2) is 0 Å². The van der Waals surface area contributed by atoms with Gasteiger partial charge in [-0.3, -0.25) is 4.79 Å². The number of carbonyl (C=O) groups excluding carboxylic acids is 1. The van der Waals surface area contributed by atoms with Gasteiger partial charge >= 0.3 is 0 Å². The second kappa shape index (κ2) is 44.5. The van der Waals surface area contributed by atoms with E-state index in [0.717, 1.165) is 25.7 Å². The average Bonchev–Trinajstić information content (AvgIpc) is 3.15. The molecule has 0 aromatic rings. The maximum absolute atomic E-state index is 12.4. The van der Waals surface area contributed by atoms with Gasteiger partial charge in [0.05, 0.1) is 18.8 Å². The van der Waals surface area contributed by atoms with E-state index in [4.69, 9.17) is 0 Å². The van der Waals surface area contributed by atoms with Crippen LogP contribution in [0.1, 0.15) is 271 Å². The summed E-state index contributed by atoms with van der Waals surface area (Å²) in [5.41, 5.74) is 0. The van der Waals surface area contributed by atoms with E-state index in [1.54, 1.807) is 6.08 Å². The monoisotopic (exact) mass is 734 g/mol. The van der Waals surface area contributed by atoms with Crippen LogP contribution >= 0.6 is 0 Å². The molecular formula is C48H95NO3. The molecule has 1 amide bonds. The van der Waals surface area contributed by atoms with Crippen LogP contribution in [0, 0.1) is 0 Å². The lowest BCUT2D eigenvalue weighted by atomic mass is 10.0. The highest BCUT2D eigenvalue weighted by Crippen LogP contribution is 2.17. The van der Waals surface area contributed by atoms with E-state index in [1.807, 2.05) is 6.08 Å². The van der Waals surface area contributed by atoms with Crippen molar-refractivity contribution in [2.75, 3.05) is 6.61 Å². The van der Waals surface area contributed by atoms with E-state index >= 15 is 0 Å². The van der Waals surface area contributed by atoms with Crippen molar-refractivity contribution in [3.8, 4) is 0 Å². The maximum Gasteiger partial charge on any atom is 0.220 e. The van der Waals surface area contributed by atoms with E-state index in [-0.39, 0.29) is 12.5 Å². The largest absolute Gasteiger partial charge is 0.394 e. The first-order valence-corrected chi connectivity index (χ1v) is 23.9. The third-order valence-corrected chi connectivity index (χ3v) is 11.3. The standard InChI is InChI=1S/C48H95NO3/c1-3-5-7-9-11-13-15-17-19-21-22-23-24-25-26-28-30-32-34-36-38-40-42-44-48(52)49-46(45-50)47(51)43-41-39-37-35-33-31-29-27-20-18-16-14-12-10-8-6-4-2/h41,43,46-47,50-51H,3-40,42,44-45H2,1-2H3,(H,49,52)/b43-41+/t46-,47+/m0/s1. The first kappa shape index (κ1) is 51.1. The molecule has 4 nitrogen and oxygen atoms in total. The van der Waals surface area contributed by atoms with Crippen LogP contribution in [0.4, 0.5) is 0 Å². The molecule has 0 spiro atoms. The van der Waals surface area contributed by atoms with Crippen molar-refractivity contribution in [3.05, 3.63) is 12.2 Å². The van der Waals surface area contributed by atoms with E-state index < -0.39 is 12.1 Å². The molecule has 4 heteroatoms. The van der Waals surface area contributed by atoms with Gasteiger partial charge in [-0.15, -0.1) is 0 Å². The number of rotatable bonds is 44. The first-order chi connectivity index (χ1) is 25.7. The van der Waals surface area contributed by atoms with Crippen LogP contribution in [0.3, 0.4) is 0 Å². The summed E-state index contributed by atoms with van der Waals surface area (Å²) in [4.78, 5) is 12.4. The Hall–Kier alpha value is -0.870. The number of hydrogen-bond acceptors (Lipinski definition) is 3. The molecule has 0 aromatic carbocycles. The summed E-state index contributed by atoms with van der Waals surface area (Å²) >= 11 is 0. The molecule has 310 valence electrons. The Morgan fingerprint density at radius 3 is 1.00 bits per heavy atom. The third-order valence-electron chi connectivity index (χ3n) is 11.3. The maximum atomic E-state index is 12.4. The number of allylic oxidation sites excluding steroid dienone is 1. The van der Waals surface area contributed by atoms with Crippen molar-refractivity contribution >= 4 is 5.91 Å². The Morgan fingerprint density at radius 2 is 0.712 bits per heavy atom. The zero-order valence-corrected chi connectivity index (χ0v) is 35.6. The van der Waals surface area contributed by atoms with Gasteiger partial charge in [-0.05, 0) is 19.3 Å². The fourth-order valence-electron chi connectivity index (χ4n) is 7.59. The predicted octanol–water partition coefficient (Wildman–Crippen LogP) is 15.0. The van der Waals surface area contributed by atoms with E-state index in [2.05, 4.69) is 19.2 Å². The Labute approximate surface area is 327 Å². The number of carbonyl (C=O) groups is 1. The average molecular weight is 734 g/mol. The molecule has 0 aliphatic rings. The van der Waals surface area contributed by atoms with Crippen molar-refractivity contribution in [1.82, 2.24) is 5.32 Å². The number of hydrogen-bond donors (Lipinski definition) is 3. The Morgan fingerprint density at radius 1 is 0.442 bits per heavy atom.